The number of benzene rings is 2. The summed E-state index contributed by atoms with van der Waals surface area (Å²) in [6, 6.07) is 12.7. The fraction of sp³-hybridized carbons (Fsp3) is 0.357. The summed E-state index contributed by atoms with van der Waals surface area (Å²) in [4.78, 5) is 4.44. The van der Waals surface area contributed by atoms with E-state index in [4.69, 9.17) is 11.6 Å². The number of hydrogen-bond acceptors (Lipinski definition) is 7. The topological polar surface area (TPSA) is 88.0 Å². The van der Waals surface area contributed by atoms with E-state index in [9.17, 15) is 14.0 Å². The molecule has 7 nitrogen and oxygen atoms in total. The number of anilines is 2. The highest BCUT2D eigenvalue weighted by Crippen LogP contribution is 2.40. The zero-order chi connectivity index (χ0) is 27.9. The molecule has 0 amide bonds. The first-order valence-corrected chi connectivity index (χ1v) is 13.3. The third-order valence-electron chi connectivity index (χ3n) is 7.04. The summed E-state index contributed by atoms with van der Waals surface area (Å²) >= 11 is 6.73. The Bertz CT molecular complexity index is 1480. The number of pyridine rings is 1. The molecule has 2 heterocycles. The maximum atomic E-state index is 14.2. The van der Waals surface area contributed by atoms with Gasteiger partial charge in [-0.05, 0) is 36.0 Å². The number of hydrogen-bond donors (Lipinski definition) is 4. The van der Waals surface area contributed by atoms with E-state index in [1.165, 1.54) is 12.3 Å². The number of nitriles is 1. The minimum absolute atomic E-state index is 0.0411. The zero-order valence-electron chi connectivity index (χ0n) is 22.4. The maximum Gasteiger partial charge on any atom is 0.264 e. The van der Waals surface area contributed by atoms with Gasteiger partial charge < -0.3 is 16.1 Å². The summed E-state index contributed by atoms with van der Waals surface area (Å²) < 4.78 is 28.5. The Hall–Kier alpha value is -3.55. The molecule has 5 rings (SSSR count). The van der Waals surface area contributed by atoms with Crippen molar-refractivity contribution in [2.24, 2.45) is 5.41 Å². The summed E-state index contributed by atoms with van der Waals surface area (Å²) in [5.74, 6) is 0. The van der Waals surface area contributed by atoms with Crippen LogP contribution in [0.15, 0.2) is 54.5 Å². The molecule has 39 heavy (non-hydrogen) atoms. The van der Waals surface area contributed by atoms with Crippen molar-refractivity contribution in [2.45, 2.75) is 51.5 Å². The lowest BCUT2D eigenvalue weighted by Crippen LogP contribution is -2.46. The van der Waals surface area contributed by atoms with Gasteiger partial charge in [-0.3, -0.25) is 9.99 Å². The van der Waals surface area contributed by atoms with Crippen molar-refractivity contribution < 1.29 is 8.78 Å². The highest BCUT2D eigenvalue weighted by molar-refractivity contribution is 6.36. The van der Waals surface area contributed by atoms with Crippen molar-refractivity contribution in [3.05, 3.63) is 76.2 Å². The van der Waals surface area contributed by atoms with Crippen LogP contribution in [0.4, 0.5) is 20.2 Å². The van der Waals surface area contributed by atoms with E-state index >= 15 is 0 Å². The molecule has 0 saturated heterocycles. The standard InChI is InChI=1S/C28H31BClF2N7/c1-27(2,3)15-35-24-16(12-33)13-34-25-20(24)10-17(11-22(25)30)36-28(29,21-7-5-4-6-19(21)26(31)32)23-14-39(38-37-23)18-8-9-18/h4-7,10-11,13-14,18,26,36-38H,8-9,15,29H2,1-3H3,(H,34,35). The Labute approximate surface area is 233 Å². The summed E-state index contributed by atoms with van der Waals surface area (Å²) in [6.07, 6.45) is 2.92. The number of nitrogens with one attached hydrogen (secondary N) is 4. The molecule has 1 aliphatic carbocycles. The average Bonchev–Trinajstić information content (AvgIpc) is 3.62. The first-order chi connectivity index (χ1) is 18.5. The van der Waals surface area contributed by atoms with Gasteiger partial charge >= 0.3 is 0 Å². The third kappa shape index (κ3) is 5.47. The van der Waals surface area contributed by atoms with Crippen molar-refractivity contribution in [3.8, 4) is 6.07 Å². The maximum absolute atomic E-state index is 14.2. The fourth-order valence-corrected chi connectivity index (χ4v) is 5.07. The van der Waals surface area contributed by atoms with Crippen molar-refractivity contribution in [1.29, 1.82) is 5.26 Å². The van der Waals surface area contributed by atoms with Gasteiger partial charge in [0, 0.05) is 41.6 Å². The molecule has 2 aromatic carbocycles. The van der Waals surface area contributed by atoms with Gasteiger partial charge in [-0.2, -0.15) is 5.26 Å². The monoisotopic (exact) mass is 549 g/mol. The smallest absolute Gasteiger partial charge is 0.264 e. The van der Waals surface area contributed by atoms with E-state index < -0.39 is 11.9 Å². The molecule has 3 aromatic rings. The lowest BCUT2D eigenvalue weighted by molar-refractivity contribution is 0.149. The van der Waals surface area contributed by atoms with E-state index in [1.807, 2.05) is 25.1 Å². The number of hydrazine groups is 2. The largest absolute Gasteiger partial charge is 0.383 e. The summed E-state index contributed by atoms with van der Waals surface area (Å²) in [5.41, 5.74) is 8.48. The van der Waals surface area contributed by atoms with Gasteiger partial charge in [-0.15, -0.1) is 5.53 Å². The molecule has 4 N–H and O–H groups in total. The summed E-state index contributed by atoms with van der Waals surface area (Å²) in [6.45, 7) is 6.92. The van der Waals surface area contributed by atoms with Crippen LogP contribution in [0.1, 0.15) is 56.7 Å². The Morgan fingerprint density at radius 3 is 2.67 bits per heavy atom. The lowest BCUT2D eigenvalue weighted by atomic mass is 9.68. The second kappa shape index (κ2) is 10.2. The van der Waals surface area contributed by atoms with Crippen LogP contribution in [-0.4, -0.2) is 30.4 Å². The quantitative estimate of drug-likeness (QED) is 0.281. The van der Waals surface area contributed by atoms with E-state index in [0.717, 1.165) is 12.8 Å². The first kappa shape index (κ1) is 27.0. The minimum atomic E-state index is -2.66. The molecule has 0 bridgehead atoms. The van der Waals surface area contributed by atoms with Gasteiger partial charge in [0.05, 0.1) is 32.9 Å². The van der Waals surface area contributed by atoms with Crippen molar-refractivity contribution in [2.75, 3.05) is 17.2 Å². The average molecular weight is 550 g/mol. The first-order valence-electron chi connectivity index (χ1n) is 12.9. The van der Waals surface area contributed by atoms with E-state index in [-0.39, 0.29) is 11.0 Å². The number of nitrogens with zero attached hydrogens (tertiary/aromatic N) is 3. The van der Waals surface area contributed by atoms with Crippen LogP contribution < -0.4 is 21.6 Å². The van der Waals surface area contributed by atoms with Crippen LogP contribution in [-0.2, 0) is 5.44 Å². The molecule has 0 radical (unpaired) electrons. The number of aromatic nitrogens is 1. The predicted octanol–water partition coefficient (Wildman–Crippen LogP) is 5.38. The summed E-state index contributed by atoms with van der Waals surface area (Å²) in [5, 5.41) is 19.8. The van der Waals surface area contributed by atoms with Crippen molar-refractivity contribution in [3.63, 3.8) is 0 Å². The van der Waals surface area contributed by atoms with Gasteiger partial charge in [-0.1, -0.05) is 56.6 Å². The Morgan fingerprint density at radius 2 is 2.00 bits per heavy atom. The molecule has 1 fully saturated rings. The third-order valence-corrected chi connectivity index (χ3v) is 7.32. The predicted molar refractivity (Wildman–Crippen MR) is 154 cm³/mol. The van der Waals surface area contributed by atoms with E-state index in [0.29, 0.717) is 56.7 Å². The van der Waals surface area contributed by atoms with Crippen LogP contribution >= 0.6 is 11.6 Å². The van der Waals surface area contributed by atoms with Gasteiger partial charge in [0.15, 0.2) is 0 Å². The van der Waals surface area contributed by atoms with Crippen LogP contribution in [0.3, 0.4) is 0 Å². The van der Waals surface area contributed by atoms with Crippen LogP contribution in [0.2, 0.25) is 5.02 Å². The Balaban J connectivity index is 1.64. The normalized spacial score (nSPS) is 17.0. The second-order valence-corrected chi connectivity index (χ2v) is 11.9. The lowest BCUT2D eigenvalue weighted by Gasteiger charge is -2.35. The molecule has 1 aliphatic heterocycles. The van der Waals surface area contributed by atoms with Gasteiger partial charge in [0.25, 0.3) is 6.43 Å². The molecular weight excluding hydrogens is 519 g/mol. The number of rotatable bonds is 8. The van der Waals surface area contributed by atoms with Crippen molar-refractivity contribution in [1.82, 2.24) is 21.0 Å². The van der Waals surface area contributed by atoms with Crippen LogP contribution in [0.25, 0.3) is 10.9 Å². The van der Waals surface area contributed by atoms with E-state index in [2.05, 4.69) is 53.4 Å². The van der Waals surface area contributed by atoms with Crippen molar-refractivity contribution >= 4 is 41.7 Å². The molecule has 1 aromatic heterocycles. The van der Waals surface area contributed by atoms with Crippen LogP contribution in [0.5, 0.6) is 0 Å². The molecule has 0 spiro atoms. The molecule has 202 valence electrons. The molecule has 1 atom stereocenters. The van der Waals surface area contributed by atoms with Crippen LogP contribution in [0, 0.1) is 16.7 Å². The van der Waals surface area contributed by atoms with Gasteiger partial charge in [0.2, 0.25) is 0 Å². The zero-order valence-corrected chi connectivity index (χ0v) is 23.1. The van der Waals surface area contributed by atoms with E-state index in [1.54, 1.807) is 24.3 Å². The molecule has 1 saturated carbocycles. The molecule has 2 aliphatic rings. The minimum Gasteiger partial charge on any atom is -0.383 e. The number of alkyl halides is 2. The SMILES string of the molecule is BC(Nc1cc(Cl)c2ncc(C#N)c(NCC(C)(C)C)c2c1)(C1=CN(C2CC2)NN1)c1ccccc1C(F)F. The highest BCUT2D eigenvalue weighted by Gasteiger charge is 2.40. The second-order valence-electron chi connectivity index (χ2n) is 11.5. The Morgan fingerprint density at radius 1 is 1.26 bits per heavy atom. The van der Waals surface area contributed by atoms with Gasteiger partial charge in [-0.25, -0.2) is 8.78 Å². The number of fused-ring (bicyclic) bond motifs is 1. The summed E-state index contributed by atoms with van der Waals surface area (Å²) in [7, 11) is 1.87. The molecule has 11 heteroatoms. The molecule has 1 unspecified atom stereocenters. The van der Waals surface area contributed by atoms with Gasteiger partial charge in [0.1, 0.15) is 13.9 Å². The highest BCUT2D eigenvalue weighted by atomic mass is 35.5. The fourth-order valence-electron chi connectivity index (χ4n) is 4.80. The Kier molecular flexibility index (Phi) is 7.08. The molecular formula is C28H31BClF2N7. The number of halogens is 3.